The van der Waals surface area contributed by atoms with Crippen LogP contribution >= 0.6 is 0 Å². The van der Waals surface area contributed by atoms with E-state index in [2.05, 4.69) is 34.0 Å². The van der Waals surface area contributed by atoms with E-state index in [0.717, 1.165) is 16.9 Å². The molecular weight excluding hydrogens is 164 g/mol. The van der Waals surface area contributed by atoms with Crippen LogP contribution in [0.3, 0.4) is 0 Å². The Morgan fingerprint density at radius 3 is 2.85 bits per heavy atom. The Labute approximate surface area is 76.1 Å². The summed E-state index contributed by atoms with van der Waals surface area (Å²) < 4.78 is 0. The molecule has 0 bridgehead atoms. The third-order valence-corrected chi connectivity index (χ3v) is 1.80. The Morgan fingerprint density at radius 2 is 2.08 bits per heavy atom. The molecule has 0 atom stereocenters. The maximum atomic E-state index is 4.36. The van der Waals surface area contributed by atoms with Crippen LogP contribution in [-0.2, 0) is 0 Å². The molecular formula is C9H10N4. The van der Waals surface area contributed by atoms with Crippen LogP contribution in [0.2, 0.25) is 0 Å². The summed E-state index contributed by atoms with van der Waals surface area (Å²) in [5.41, 5.74) is 1.60. The molecule has 0 fully saturated rings. The molecule has 0 saturated carbocycles. The Bertz CT molecular complexity index is 425. The van der Waals surface area contributed by atoms with E-state index in [9.17, 15) is 0 Å². The third-order valence-electron chi connectivity index (χ3n) is 1.80. The molecule has 2 aromatic heterocycles. The van der Waals surface area contributed by atoms with Crippen LogP contribution in [0.15, 0.2) is 18.5 Å². The van der Waals surface area contributed by atoms with Gasteiger partial charge in [-0.1, -0.05) is 13.8 Å². The lowest BCUT2D eigenvalue weighted by molar-refractivity contribution is 0.781. The molecule has 0 amide bonds. The lowest BCUT2D eigenvalue weighted by Crippen LogP contribution is -1.98. The predicted molar refractivity (Wildman–Crippen MR) is 49.2 cm³/mol. The van der Waals surface area contributed by atoms with E-state index >= 15 is 0 Å². The highest BCUT2D eigenvalue weighted by molar-refractivity contribution is 5.71. The molecule has 0 aliphatic carbocycles. The summed E-state index contributed by atoms with van der Waals surface area (Å²) in [6.45, 7) is 4.13. The quantitative estimate of drug-likeness (QED) is 0.658. The van der Waals surface area contributed by atoms with Crippen molar-refractivity contribution in [2.24, 2.45) is 0 Å². The second-order valence-electron chi connectivity index (χ2n) is 3.18. The monoisotopic (exact) mass is 174 g/mol. The predicted octanol–water partition coefficient (Wildman–Crippen LogP) is 1.54. The van der Waals surface area contributed by atoms with Gasteiger partial charge in [-0.15, -0.1) is 5.10 Å². The van der Waals surface area contributed by atoms with Crippen LogP contribution in [0.4, 0.5) is 0 Å². The summed E-state index contributed by atoms with van der Waals surface area (Å²) in [6, 6.07) is 1.84. The maximum Gasteiger partial charge on any atom is 0.131 e. The van der Waals surface area contributed by atoms with E-state index < -0.39 is 0 Å². The Hall–Kier alpha value is -1.58. The van der Waals surface area contributed by atoms with Crippen molar-refractivity contribution in [3.05, 3.63) is 24.3 Å². The first-order chi connectivity index (χ1) is 6.27. The first-order valence-corrected chi connectivity index (χ1v) is 4.21. The minimum atomic E-state index is 0.345. The molecule has 0 saturated heterocycles. The van der Waals surface area contributed by atoms with Crippen LogP contribution in [0, 0.1) is 0 Å². The Balaban J connectivity index is 2.62. The zero-order valence-corrected chi connectivity index (χ0v) is 7.60. The van der Waals surface area contributed by atoms with Crippen molar-refractivity contribution in [1.29, 1.82) is 0 Å². The molecule has 0 radical (unpaired) electrons. The van der Waals surface area contributed by atoms with Gasteiger partial charge in [-0.05, 0) is 6.07 Å². The van der Waals surface area contributed by atoms with Crippen molar-refractivity contribution in [1.82, 2.24) is 20.2 Å². The highest BCUT2D eigenvalue weighted by Gasteiger charge is 2.03. The molecule has 13 heavy (non-hydrogen) atoms. The smallest absolute Gasteiger partial charge is 0.131 e. The zero-order chi connectivity index (χ0) is 9.26. The van der Waals surface area contributed by atoms with Gasteiger partial charge in [0.15, 0.2) is 0 Å². The van der Waals surface area contributed by atoms with E-state index in [1.807, 2.05) is 6.07 Å². The van der Waals surface area contributed by atoms with E-state index in [1.165, 1.54) is 0 Å². The molecule has 66 valence electrons. The maximum absolute atomic E-state index is 4.36. The fourth-order valence-corrected chi connectivity index (χ4v) is 1.08. The Morgan fingerprint density at radius 1 is 1.23 bits per heavy atom. The summed E-state index contributed by atoms with van der Waals surface area (Å²) in [6.07, 6.45) is 3.35. The largest absolute Gasteiger partial charge is 0.239 e. The van der Waals surface area contributed by atoms with Crippen LogP contribution < -0.4 is 0 Å². The van der Waals surface area contributed by atoms with Gasteiger partial charge in [-0.2, -0.15) is 5.10 Å². The van der Waals surface area contributed by atoms with Crippen LogP contribution in [0.5, 0.6) is 0 Å². The summed E-state index contributed by atoms with van der Waals surface area (Å²) >= 11 is 0. The van der Waals surface area contributed by atoms with Crippen molar-refractivity contribution in [2.75, 3.05) is 0 Å². The van der Waals surface area contributed by atoms with Gasteiger partial charge in [0.05, 0.1) is 17.9 Å². The van der Waals surface area contributed by atoms with Gasteiger partial charge in [0.2, 0.25) is 0 Å². The van der Waals surface area contributed by atoms with E-state index in [4.69, 9.17) is 0 Å². The van der Waals surface area contributed by atoms with Crippen LogP contribution in [0.1, 0.15) is 25.6 Å². The lowest BCUT2D eigenvalue weighted by Gasteiger charge is -2.02. The zero-order valence-electron chi connectivity index (χ0n) is 7.60. The molecule has 0 aromatic carbocycles. The number of hydrogen-bond donors (Lipinski definition) is 0. The van der Waals surface area contributed by atoms with Crippen LogP contribution in [0.25, 0.3) is 11.0 Å². The van der Waals surface area contributed by atoms with Crippen molar-refractivity contribution in [2.45, 2.75) is 19.8 Å². The first kappa shape index (κ1) is 8.04. The fourth-order valence-electron chi connectivity index (χ4n) is 1.08. The minimum absolute atomic E-state index is 0.345. The van der Waals surface area contributed by atoms with Crippen molar-refractivity contribution >= 4 is 11.0 Å². The number of fused-ring (bicyclic) bond motifs is 1. The fraction of sp³-hybridized carbons (Fsp3) is 0.333. The van der Waals surface area contributed by atoms with E-state index in [-0.39, 0.29) is 0 Å². The molecule has 0 N–H and O–H groups in total. The standard InChI is InChI=1S/C9H10N4/c1-6(2)9-10-5-8-7(12-9)3-4-11-13-8/h3-6H,1-2H3. The van der Waals surface area contributed by atoms with Gasteiger partial charge in [-0.3, -0.25) is 0 Å². The molecule has 2 rings (SSSR count). The first-order valence-electron chi connectivity index (χ1n) is 4.21. The minimum Gasteiger partial charge on any atom is -0.239 e. The highest BCUT2D eigenvalue weighted by Crippen LogP contribution is 2.11. The third kappa shape index (κ3) is 1.47. The molecule has 0 unspecified atom stereocenters. The van der Waals surface area contributed by atoms with Gasteiger partial charge in [0, 0.05) is 5.92 Å². The average Bonchev–Trinajstić information content (AvgIpc) is 2.17. The van der Waals surface area contributed by atoms with Gasteiger partial charge < -0.3 is 0 Å². The summed E-state index contributed by atoms with van der Waals surface area (Å²) in [5.74, 6) is 1.19. The number of rotatable bonds is 1. The van der Waals surface area contributed by atoms with E-state index in [0.29, 0.717) is 5.92 Å². The summed E-state index contributed by atoms with van der Waals surface area (Å²) in [5, 5.41) is 7.66. The van der Waals surface area contributed by atoms with Gasteiger partial charge in [0.1, 0.15) is 11.3 Å². The number of aromatic nitrogens is 4. The van der Waals surface area contributed by atoms with Gasteiger partial charge in [0.25, 0.3) is 0 Å². The SMILES string of the molecule is CC(C)c1ncc2nnccc2n1. The molecule has 2 heterocycles. The van der Waals surface area contributed by atoms with Crippen molar-refractivity contribution in [3.63, 3.8) is 0 Å². The van der Waals surface area contributed by atoms with Crippen LogP contribution in [-0.4, -0.2) is 20.2 Å². The van der Waals surface area contributed by atoms with Crippen molar-refractivity contribution in [3.8, 4) is 0 Å². The second-order valence-corrected chi connectivity index (χ2v) is 3.18. The van der Waals surface area contributed by atoms with Gasteiger partial charge in [-0.25, -0.2) is 9.97 Å². The van der Waals surface area contributed by atoms with Gasteiger partial charge >= 0.3 is 0 Å². The average molecular weight is 174 g/mol. The molecule has 4 nitrogen and oxygen atoms in total. The molecule has 0 aliphatic rings. The topological polar surface area (TPSA) is 51.6 Å². The van der Waals surface area contributed by atoms with E-state index in [1.54, 1.807) is 12.4 Å². The molecule has 2 aromatic rings. The molecule has 0 aliphatic heterocycles. The number of nitrogens with zero attached hydrogens (tertiary/aromatic N) is 4. The summed E-state index contributed by atoms with van der Waals surface area (Å²) in [7, 11) is 0. The summed E-state index contributed by atoms with van der Waals surface area (Å²) in [4.78, 5) is 8.55. The number of hydrogen-bond acceptors (Lipinski definition) is 4. The molecule has 4 heteroatoms. The second kappa shape index (κ2) is 3.05. The highest BCUT2D eigenvalue weighted by atomic mass is 15.1. The van der Waals surface area contributed by atoms with Crippen molar-refractivity contribution < 1.29 is 0 Å². The normalized spacial score (nSPS) is 11.0. The Kier molecular flexibility index (Phi) is 1.88. The lowest BCUT2D eigenvalue weighted by atomic mass is 10.2. The molecule has 0 spiro atoms.